The van der Waals surface area contributed by atoms with E-state index in [4.69, 9.17) is 0 Å². The van der Waals surface area contributed by atoms with Gasteiger partial charge in [-0.25, -0.2) is 13.1 Å². The highest BCUT2D eigenvalue weighted by atomic mass is 32.2. The Hall–Kier alpha value is -0.720. The first-order chi connectivity index (χ1) is 9.32. The Morgan fingerprint density at radius 2 is 1.85 bits per heavy atom. The standard InChI is InChI=1S/C14H22N2O2S2/c1-14(2,19-3)10-15-11-6-8-13(9-7-11)20(17,18)16-12-4-5-12/h6-9,12,15-16H,4-5,10H2,1-3H3. The monoisotopic (exact) mass is 314 g/mol. The fourth-order valence-electron chi connectivity index (χ4n) is 1.63. The average Bonchev–Trinajstić information content (AvgIpc) is 3.20. The number of hydrogen-bond donors (Lipinski definition) is 2. The van der Waals surface area contributed by atoms with E-state index in [9.17, 15) is 8.42 Å². The lowest BCUT2D eigenvalue weighted by Gasteiger charge is -2.23. The molecule has 0 aliphatic heterocycles. The smallest absolute Gasteiger partial charge is 0.240 e. The molecule has 1 saturated carbocycles. The van der Waals surface area contributed by atoms with Gasteiger partial charge in [0.15, 0.2) is 0 Å². The van der Waals surface area contributed by atoms with Gasteiger partial charge >= 0.3 is 0 Å². The fourth-order valence-corrected chi connectivity index (χ4v) is 3.15. The van der Waals surface area contributed by atoms with Crippen LogP contribution in [-0.4, -0.2) is 32.0 Å². The van der Waals surface area contributed by atoms with Crippen LogP contribution in [0.25, 0.3) is 0 Å². The van der Waals surface area contributed by atoms with E-state index in [2.05, 4.69) is 30.1 Å². The molecule has 1 aliphatic rings. The Bertz CT molecular complexity index is 549. The predicted octanol–water partition coefficient (Wildman–Crippen LogP) is 2.68. The van der Waals surface area contributed by atoms with E-state index < -0.39 is 10.0 Å². The van der Waals surface area contributed by atoms with Gasteiger partial charge in [-0.3, -0.25) is 0 Å². The topological polar surface area (TPSA) is 58.2 Å². The van der Waals surface area contributed by atoms with Gasteiger partial charge in [0.2, 0.25) is 10.0 Å². The zero-order valence-electron chi connectivity index (χ0n) is 12.1. The molecule has 1 aliphatic carbocycles. The van der Waals surface area contributed by atoms with Crippen molar-refractivity contribution in [3.05, 3.63) is 24.3 Å². The molecule has 0 saturated heterocycles. The Labute approximate surface area is 125 Å². The molecule has 0 radical (unpaired) electrons. The molecule has 1 aromatic carbocycles. The van der Waals surface area contributed by atoms with Crippen LogP contribution in [0.15, 0.2) is 29.2 Å². The summed E-state index contributed by atoms with van der Waals surface area (Å²) in [4.78, 5) is 0.332. The van der Waals surface area contributed by atoms with Crippen LogP contribution in [0.2, 0.25) is 0 Å². The third-order valence-electron chi connectivity index (χ3n) is 3.33. The van der Waals surface area contributed by atoms with Gasteiger partial charge in [-0.2, -0.15) is 11.8 Å². The van der Waals surface area contributed by atoms with E-state index in [1.165, 1.54) is 0 Å². The van der Waals surface area contributed by atoms with Gasteiger partial charge < -0.3 is 5.32 Å². The lowest BCUT2D eigenvalue weighted by atomic mass is 10.2. The summed E-state index contributed by atoms with van der Waals surface area (Å²) in [6.45, 7) is 5.17. The first kappa shape index (κ1) is 15.7. The fraction of sp³-hybridized carbons (Fsp3) is 0.571. The molecule has 0 aromatic heterocycles. The van der Waals surface area contributed by atoms with Crippen molar-refractivity contribution in [2.45, 2.75) is 42.4 Å². The lowest BCUT2D eigenvalue weighted by Crippen LogP contribution is -2.26. The second kappa shape index (κ2) is 5.95. The van der Waals surface area contributed by atoms with Crippen LogP contribution in [0.3, 0.4) is 0 Å². The van der Waals surface area contributed by atoms with E-state index in [0.29, 0.717) is 4.90 Å². The van der Waals surface area contributed by atoms with Crippen LogP contribution in [-0.2, 0) is 10.0 Å². The zero-order valence-corrected chi connectivity index (χ0v) is 13.8. The summed E-state index contributed by atoms with van der Waals surface area (Å²) in [5.41, 5.74) is 0.942. The Balaban J connectivity index is 1.99. The molecule has 112 valence electrons. The summed E-state index contributed by atoms with van der Waals surface area (Å²) in [5, 5.41) is 3.33. The van der Waals surface area contributed by atoms with Crippen LogP contribution in [0, 0.1) is 0 Å². The van der Waals surface area contributed by atoms with Crippen LogP contribution >= 0.6 is 11.8 Å². The molecule has 1 fully saturated rings. The molecule has 2 rings (SSSR count). The van der Waals surface area contributed by atoms with Gasteiger partial charge in [0.1, 0.15) is 0 Å². The normalized spacial score (nSPS) is 16.1. The maximum absolute atomic E-state index is 12.0. The van der Waals surface area contributed by atoms with Crippen LogP contribution in [0.5, 0.6) is 0 Å². The molecular formula is C14H22N2O2S2. The molecular weight excluding hydrogens is 292 g/mol. The van der Waals surface area contributed by atoms with Crippen LogP contribution in [0.4, 0.5) is 5.69 Å². The molecule has 0 heterocycles. The minimum atomic E-state index is -3.34. The van der Waals surface area contributed by atoms with Crippen molar-refractivity contribution in [2.75, 3.05) is 18.1 Å². The Kier molecular flexibility index (Phi) is 4.66. The van der Waals surface area contributed by atoms with Crippen molar-refractivity contribution in [1.29, 1.82) is 0 Å². The number of hydrogen-bond acceptors (Lipinski definition) is 4. The number of benzene rings is 1. The van der Waals surface area contributed by atoms with E-state index >= 15 is 0 Å². The molecule has 20 heavy (non-hydrogen) atoms. The highest BCUT2D eigenvalue weighted by molar-refractivity contribution is 7.99. The summed E-state index contributed by atoms with van der Waals surface area (Å²) in [7, 11) is -3.34. The van der Waals surface area contributed by atoms with E-state index in [0.717, 1.165) is 25.1 Å². The quantitative estimate of drug-likeness (QED) is 0.812. The average molecular weight is 314 g/mol. The third-order valence-corrected chi connectivity index (χ3v) is 6.12. The van der Waals surface area contributed by atoms with E-state index in [1.54, 1.807) is 23.9 Å². The van der Waals surface area contributed by atoms with Crippen molar-refractivity contribution in [1.82, 2.24) is 4.72 Å². The van der Waals surface area contributed by atoms with E-state index in [-0.39, 0.29) is 10.8 Å². The SMILES string of the molecule is CSC(C)(C)CNc1ccc(S(=O)(=O)NC2CC2)cc1. The maximum atomic E-state index is 12.0. The third kappa shape index (κ3) is 4.40. The Morgan fingerprint density at radius 3 is 2.35 bits per heavy atom. The molecule has 0 unspecified atom stereocenters. The molecule has 0 spiro atoms. The summed E-state index contributed by atoms with van der Waals surface area (Å²) in [6, 6.07) is 7.08. The molecule has 4 nitrogen and oxygen atoms in total. The first-order valence-corrected chi connectivity index (χ1v) is 9.45. The van der Waals surface area contributed by atoms with E-state index in [1.807, 2.05) is 12.1 Å². The van der Waals surface area contributed by atoms with Crippen molar-refractivity contribution in [3.8, 4) is 0 Å². The summed E-state index contributed by atoms with van der Waals surface area (Å²) in [6.07, 6.45) is 3.98. The van der Waals surface area contributed by atoms with Gasteiger partial charge in [0.05, 0.1) is 4.90 Å². The van der Waals surface area contributed by atoms with Crippen molar-refractivity contribution in [3.63, 3.8) is 0 Å². The number of sulfonamides is 1. The molecule has 1 aromatic rings. The minimum absolute atomic E-state index is 0.139. The molecule has 2 N–H and O–H groups in total. The lowest BCUT2D eigenvalue weighted by molar-refractivity contribution is 0.581. The van der Waals surface area contributed by atoms with Crippen LogP contribution in [0.1, 0.15) is 26.7 Å². The van der Waals surface area contributed by atoms with Gasteiger partial charge in [-0.15, -0.1) is 0 Å². The minimum Gasteiger partial charge on any atom is -0.384 e. The van der Waals surface area contributed by atoms with Gasteiger partial charge in [-0.05, 0) is 57.2 Å². The molecule has 0 atom stereocenters. The van der Waals surface area contributed by atoms with Gasteiger partial charge in [0.25, 0.3) is 0 Å². The van der Waals surface area contributed by atoms with Crippen molar-refractivity contribution >= 4 is 27.5 Å². The van der Waals surface area contributed by atoms with Crippen molar-refractivity contribution in [2.24, 2.45) is 0 Å². The number of rotatable bonds is 7. The van der Waals surface area contributed by atoms with Gasteiger partial charge in [-0.1, -0.05) is 0 Å². The summed E-state index contributed by atoms with van der Waals surface area (Å²) < 4.78 is 26.9. The second-order valence-electron chi connectivity index (χ2n) is 5.74. The molecule has 0 amide bonds. The maximum Gasteiger partial charge on any atom is 0.240 e. The first-order valence-electron chi connectivity index (χ1n) is 6.74. The highest BCUT2D eigenvalue weighted by Crippen LogP contribution is 2.24. The van der Waals surface area contributed by atoms with Crippen LogP contribution < -0.4 is 10.0 Å². The van der Waals surface area contributed by atoms with Gasteiger partial charge in [0, 0.05) is 23.0 Å². The number of thioether (sulfide) groups is 1. The highest BCUT2D eigenvalue weighted by Gasteiger charge is 2.27. The molecule has 6 heteroatoms. The number of anilines is 1. The largest absolute Gasteiger partial charge is 0.384 e. The Morgan fingerprint density at radius 1 is 1.25 bits per heavy atom. The second-order valence-corrected chi connectivity index (χ2v) is 8.96. The summed E-state index contributed by atoms with van der Waals surface area (Å²) >= 11 is 1.80. The number of nitrogens with one attached hydrogen (secondary N) is 2. The molecule has 0 bridgehead atoms. The predicted molar refractivity (Wildman–Crippen MR) is 85.9 cm³/mol. The zero-order chi connectivity index (χ0) is 14.8. The van der Waals surface area contributed by atoms with Crippen molar-refractivity contribution < 1.29 is 8.42 Å². The summed E-state index contributed by atoms with van der Waals surface area (Å²) in [5.74, 6) is 0.